The number of rotatable bonds is 3. The lowest BCUT2D eigenvalue weighted by Crippen LogP contribution is -2.45. The van der Waals surface area contributed by atoms with Gasteiger partial charge in [0.05, 0.1) is 6.04 Å². The van der Waals surface area contributed by atoms with Crippen molar-refractivity contribution in [3.8, 4) is 0 Å². The molecule has 4 nitrogen and oxygen atoms in total. The van der Waals surface area contributed by atoms with Crippen LogP contribution in [0.1, 0.15) is 44.7 Å². The third kappa shape index (κ3) is 3.51. The van der Waals surface area contributed by atoms with E-state index in [1.54, 1.807) is 0 Å². The monoisotopic (exact) mass is 276 g/mol. The Kier molecular flexibility index (Phi) is 4.65. The SMILES string of the molecule is CC(C)(CN)OC(=O)N1CCCCC1c1ccccc1. The Morgan fingerprint density at radius 3 is 2.70 bits per heavy atom. The van der Waals surface area contributed by atoms with Gasteiger partial charge < -0.3 is 15.4 Å². The van der Waals surface area contributed by atoms with Crippen LogP contribution in [0.15, 0.2) is 30.3 Å². The van der Waals surface area contributed by atoms with Crippen LogP contribution in [0, 0.1) is 0 Å². The summed E-state index contributed by atoms with van der Waals surface area (Å²) in [6, 6.07) is 10.3. The van der Waals surface area contributed by atoms with Gasteiger partial charge in [0.15, 0.2) is 0 Å². The van der Waals surface area contributed by atoms with Crippen LogP contribution in [-0.2, 0) is 4.74 Å². The molecule has 0 aliphatic carbocycles. The van der Waals surface area contributed by atoms with Gasteiger partial charge in [-0.05, 0) is 38.7 Å². The lowest BCUT2D eigenvalue weighted by molar-refractivity contribution is 0.00445. The second-order valence-corrected chi connectivity index (χ2v) is 5.95. The molecular weight excluding hydrogens is 252 g/mol. The fourth-order valence-electron chi connectivity index (χ4n) is 2.51. The molecule has 1 aromatic carbocycles. The maximum atomic E-state index is 12.4. The molecule has 1 atom stereocenters. The molecule has 2 rings (SSSR count). The maximum absolute atomic E-state index is 12.4. The minimum Gasteiger partial charge on any atom is -0.442 e. The number of likely N-dealkylation sites (tertiary alicyclic amines) is 1. The molecule has 1 fully saturated rings. The quantitative estimate of drug-likeness (QED) is 0.923. The average Bonchev–Trinajstić information content (AvgIpc) is 2.48. The summed E-state index contributed by atoms with van der Waals surface area (Å²) in [6.07, 6.45) is 2.90. The number of amides is 1. The molecule has 2 N–H and O–H groups in total. The molecular formula is C16H24N2O2. The highest BCUT2D eigenvalue weighted by molar-refractivity contribution is 5.69. The Morgan fingerprint density at radius 2 is 2.05 bits per heavy atom. The predicted octanol–water partition coefficient (Wildman–Crippen LogP) is 3.09. The fraction of sp³-hybridized carbons (Fsp3) is 0.562. The van der Waals surface area contributed by atoms with Gasteiger partial charge >= 0.3 is 6.09 Å². The lowest BCUT2D eigenvalue weighted by Gasteiger charge is -2.37. The Hall–Kier alpha value is -1.55. The van der Waals surface area contributed by atoms with Gasteiger partial charge in [-0.15, -0.1) is 0 Å². The van der Waals surface area contributed by atoms with Crippen LogP contribution in [0.3, 0.4) is 0 Å². The Bertz CT molecular complexity index is 445. The van der Waals surface area contributed by atoms with E-state index >= 15 is 0 Å². The third-order valence-electron chi connectivity index (χ3n) is 3.78. The van der Waals surface area contributed by atoms with Gasteiger partial charge in [0, 0.05) is 13.1 Å². The van der Waals surface area contributed by atoms with Crippen molar-refractivity contribution in [2.24, 2.45) is 5.73 Å². The van der Waals surface area contributed by atoms with E-state index in [0.717, 1.165) is 25.8 Å². The number of nitrogens with zero attached hydrogens (tertiary/aromatic N) is 1. The second-order valence-electron chi connectivity index (χ2n) is 5.95. The number of benzene rings is 1. The lowest BCUT2D eigenvalue weighted by atomic mass is 9.96. The first-order valence-corrected chi connectivity index (χ1v) is 7.28. The van der Waals surface area contributed by atoms with Gasteiger partial charge in [-0.3, -0.25) is 0 Å². The van der Waals surface area contributed by atoms with Gasteiger partial charge in [-0.25, -0.2) is 4.79 Å². The molecule has 1 amide bonds. The summed E-state index contributed by atoms with van der Waals surface area (Å²) in [5.41, 5.74) is 6.19. The first kappa shape index (κ1) is 14.9. The molecule has 0 saturated carbocycles. The molecule has 1 heterocycles. The van der Waals surface area contributed by atoms with Gasteiger partial charge in [-0.2, -0.15) is 0 Å². The van der Waals surface area contributed by atoms with Crippen molar-refractivity contribution >= 4 is 6.09 Å². The van der Waals surface area contributed by atoms with E-state index in [1.807, 2.05) is 36.9 Å². The Labute approximate surface area is 120 Å². The molecule has 0 bridgehead atoms. The molecule has 1 aromatic rings. The topological polar surface area (TPSA) is 55.6 Å². The van der Waals surface area contributed by atoms with Crippen LogP contribution < -0.4 is 5.73 Å². The Morgan fingerprint density at radius 1 is 1.35 bits per heavy atom. The first-order chi connectivity index (χ1) is 9.53. The number of nitrogens with two attached hydrogens (primary N) is 1. The highest BCUT2D eigenvalue weighted by Gasteiger charge is 2.32. The molecule has 4 heteroatoms. The summed E-state index contributed by atoms with van der Waals surface area (Å²) in [5, 5.41) is 0. The van der Waals surface area contributed by atoms with E-state index < -0.39 is 5.60 Å². The van der Waals surface area contributed by atoms with Gasteiger partial charge in [0.2, 0.25) is 0 Å². The molecule has 1 unspecified atom stereocenters. The molecule has 0 aromatic heterocycles. The molecule has 20 heavy (non-hydrogen) atoms. The highest BCUT2D eigenvalue weighted by Crippen LogP contribution is 2.31. The highest BCUT2D eigenvalue weighted by atomic mass is 16.6. The van der Waals surface area contributed by atoms with E-state index in [9.17, 15) is 4.79 Å². The Balaban J connectivity index is 2.13. The zero-order valence-corrected chi connectivity index (χ0v) is 12.3. The van der Waals surface area contributed by atoms with Crippen molar-refractivity contribution in [3.63, 3.8) is 0 Å². The summed E-state index contributed by atoms with van der Waals surface area (Å²) in [4.78, 5) is 14.2. The van der Waals surface area contributed by atoms with Crippen LogP contribution in [0.5, 0.6) is 0 Å². The second kappa shape index (κ2) is 6.27. The number of carbonyl (C=O) groups excluding carboxylic acids is 1. The number of piperidine rings is 1. The molecule has 1 saturated heterocycles. The molecule has 0 radical (unpaired) electrons. The van der Waals surface area contributed by atoms with Crippen molar-refractivity contribution in [2.45, 2.75) is 44.8 Å². The van der Waals surface area contributed by atoms with Crippen LogP contribution in [-0.4, -0.2) is 29.7 Å². The smallest absolute Gasteiger partial charge is 0.410 e. The first-order valence-electron chi connectivity index (χ1n) is 7.28. The molecule has 1 aliphatic heterocycles. The van der Waals surface area contributed by atoms with Crippen LogP contribution in [0.4, 0.5) is 4.79 Å². The summed E-state index contributed by atoms with van der Waals surface area (Å²) in [5.74, 6) is 0. The van der Waals surface area contributed by atoms with Gasteiger partial charge in [0.1, 0.15) is 5.60 Å². The van der Waals surface area contributed by atoms with E-state index in [-0.39, 0.29) is 12.1 Å². The van der Waals surface area contributed by atoms with Crippen LogP contribution in [0.25, 0.3) is 0 Å². The van der Waals surface area contributed by atoms with E-state index in [1.165, 1.54) is 5.56 Å². The van der Waals surface area contributed by atoms with Crippen molar-refractivity contribution in [1.29, 1.82) is 0 Å². The van der Waals surface area contributed by atoms with Gasteiger partial charge in [0.25, 0.3) is 0 Å². The maximum Gasteiger partial charge on any atom is 0.410 e. The normalized spacial score (nSPS) is 19.8. The van der Waals surface area contributed by atoms with Crippen molar-refractivity contribution in [1.82, 2.24) is 4.90 Å². The fourth-order valence-corrected chi connectivity index (χ4v) is 2.51. The van der Waals surface area contributed by atoms with Crippen molar-refractivity contribution in [2.75, 3.05) is 13.1 Å². The third-order valence-corrected chi connectivity index (χ3v) is 3.78. The van der Waals surface area contributed by atoms with Gasteiger partial charge in [-0.1, -0.05) is 30.3 Å². The van der Waals surface area contributed by atoms with Crippen molar-refractivity contribution < 1.29 is 9.53 Å². The number of hydrogen-bond donors (Lipinski definition) is 1. The number of ether oxygens (including phenoxy) is 1. The molecule has 110 valence electrons. The van der Waals surface area contributed by atoms with E-state index in [0.29, 0.717) is 6.54 Å². The zero-order chi connectivity index (χ0) is 14.6. The average molecular weight is 276 g/mol. The van der Waals surface area contributed by atoms with Crippen molar-refractivity contribution in [3.05, 3.63) is 35.9 Å². The minimum absolute atomic E-state index is 0.117. The zero-order valence-electron chi connectivity index (χ0n) is 12.3. The van der Waals surface area contributed by atoms with E-state index in [2.05, 4.69) is 12.1 Å². The summed E-state index contributed by atoms with van der Waals surface area (Å²) in [7, 11) is 0. The van der Waals surface area contributed by atoms with E-state index in [4.69, 9.17) is 10.5 Å². The minimum atomic E-state index is -0.615. The standard InChI is InChI=1S/C16H24N2O2/c1-16(2,12-17)20-15(19)18-11-7-6-10-14(18)13-8-4-3-5-9-13/h3-5,8-9,14H,6-7,10-12,17H2,1-2H3. The molecule has 0 spiro atoms. The molecule has 1 aliphatic rings. The summed E-state index contributed by atoms with van der Waals surface area (Å²) in [6.45, 7) is 4.75. The van der Waals surface area contributed by atoms with Crippen LogP contribution in [0.2, 0.25) is 0 Å². The summed E-state index contributed by atoms with van der Waals surface area (Å²) >= 11 is 0. The van der Waals surface area contributed by atoms with Crippen LogP contribution >= 0.6 is 0 Å². The largest absolute Gasteiger partial charge is 0.442 e. The number of hydrogen-bond acceptors (Lipinski definition) is 3. The summed E-state index contributed by atoms with van der Waals surface area (Å²) < 4.78 is 5.54. The number of carbonyl (C=O) groups is 1. The predicted molar refractivity (Wildman–Crippen MR) is 79.4 cm³/mol.